The standard InChI is InChI=1S/C13H12ClFN2O/c14-10-4-3-8(12(16)7-18)6-9(10)13-11(15)2-1-5-17-13/h1-6,12,18H,7,16H2/t12-/m1/s1. The van der Waals surface area contributed by atoms with Crippen molar-refractivity contribution in [3.05, 3.63) is 52.9 Å². The van der Waals surface area contributed by atoms with Gasteiger partial charge in [-0.3, -0.25) is 4.98 Å². The summed E-state index contributed by atoms with van der Waals surface area (Å²) in [5, 5.41) is 9.42. The third kappa shape index (κ3) is 2.51. The Kier molecular flexibility index (Phi) is 3.91. The van der Waals surface area contributed by atoms with Gasteiger partial charge in [0, 0.05) is 11.8 Å². The average Bonchev–Trinajstić information content (AvgIpc) is 2.39. The Bertz CT molecular complexity index is 562. The summed E-state index contributed by atoms with van der Waals surface area (Å²) in [7, 11) is 0. The van der Waals surface area contributed by atoms with Gasteiger partial charge in [-0.15, -0.1) is 0 Å². The van der Waals surface area contributed by atoms with E-state index in [0.717, 1.165) is 0 Å². The highest BCUT2D eigenvalue weighted by molar-refractivity contribution is 6.33. The van der Waals surface area contributed by atoms with Gasteiger partial charge in [0.05, 0.1) is 17.7 Å². The Hall–Kier alpha value is -1.49. The minimum atomic E-state index is -0.521. The first-order chi connectivity index (χ1) is 8.63. The van der Waals surface area contributed by atoms with E-state index in [0.29, 0.717) is 16.1 Å². The Morgan fingerprint density at radius 2 is 2.17 bits per heavy atom. The maximum absolute atomic E-state index is 13.7. The van der Waals surface area contributed by atoms with Crippen LogP contribution in [-0.2, 0) is 0 Å². The molecule has 3 N–H and O–H groups in total. The third-order valence-electron chi connectivity index (χ3n) is 2.63. The molecule has 0 radical (unpaired) electrons. The second-order valence-electron chi connectivity index (χ2n) is 3.86. The molecular formula is C13H12ClFN2O. The number of nitrogens with zero attached hydrogens (tertiary/aromatic N) is 1. The van der Waals surface area contributed by atoms with Crippen LogP contribution in [0.2, 0.25) is 5.02 Å². The summed E-state index contributed by atoms with van der Waals surface area (Å²) in [5.74, 6) is -0.450. The predicted molar refractivity (Wildman–Crippen MR) is 68.7 cm³/mol. The lowest BCUT2D eigenvalue weighted by Gasteiger charge is -2.12. The number of aliphatic hydroxyl groups is 1. The molecule has 0 unspecified atom stereocenters. The number of halogens is 2. The van der Waals surface area contributed by atoms with Crippen molar-refractivity contribution in [2.24, 2.45) is 5.73 Å². The number of nitrogens with two attached hydrogens (primary N) is 1. The van der Waals surface area contributed by atoms with E-state index < -0.39 is 11.9 Å². The molecule has 0 aliphatic heterocycles. The van der Waals surface area contributed by atoms with Crippen LogP contribution in [0.5, 0.6) is 0 Å². The molecule has 1 heterocycles. The SMILES string of the molecule is N[C@H](CO)c1ccc(Cl)c(-c2ncccc2F)c1. The van der Waals surface area contributed by atoms with Gasteiger partial charge >= 0.3 is 0 Å². The number of hydrogen-bond acceptors (Lipinski definition) is 3. The highest BCUT2D eigenvalue weighted by atomic mass is 35.5. The van der Waals surface area contributed by atoms with Crippen molar-refractivity contribution in [2.45, 2.75) is 6.04 Å². The monoisotopic (exact) mass is 266 g/mol. The lowest BCUT2D eigenvalue weighted by Crippen LogP contribution is -2.14. The summed E-state index contributed by atoms with van der Waals surface area (Å²) < 4.78 is 13.7. The second-order valence-corrected chi connectivity index (χ2v) is 4.27. The summed E-state index contributed by atoms with van der Waals surface area (Å²) in [6.07, 6.45) is 1.49. The largest absolute Gasteiger partial charge is 0.394 e. The molecule has 0 saturated carbocycles. The zero-order chi connectivity index (χ0) is 13.1. The zero-order valence-corrected chi connectivity index (χ0v) is 10.2. The van der Waals surface area contributed by atoms with E-state index in [1.54, 1.807) is 18.2 Å². The van der Waals surface area contributed by atoms with Crippen LogP contribution in [-0.4, -0.2) is 16.7 Å². The van der Waals surface area contributed by atoms with Crippen molar-refractivity contribution < 1.29 is 9.50 Å². The predicted octanol–water partition coefficient (Wildman–Crippen LogP) is 2.53. The van der Waals surface area contributed by atoms with E-state index in [-0.39, 0.29) is 12.3 Å². The molecule has 1 aromatic heterocycles. The zero-order valence-electron chi connectivity index (χ0n) is 9.48. The van der Waals surface area contributed by atoms with Crippen molar-refractivity contribution in [3.8, 4) is 11.3 Å². The van der Waals surface area contributed by atoms with Gasteiger partial charge < -0.3 is 10.8 Å². The van der Waals surface area contributed by atoms with Gasteiger partial charge in [0.25, 0.3) is 0 Å². The highest BCUT2D eigenvalue weighted by Crippen LogP contribution is 2.30. The highest BCUT2D eigenvalue weighted by Gasteiger charge is 2.13. The average molecular weight is 267 g/mol. The van der Waals surface area contributed by atoms with Crippen LogP contribution >= 0.6 is 11.6 Å². The quantitative estimate of drug-likeness (QED) is 0.898. The van der Waals surface area contributed by atoms with Crippen molar-refractivity contribution in [3.63, 3.8) is 0 Å². The first-order valence-corrected chi connectivity index (χ1v) is 5.78. The van der Waals surface area contributed by atoms with Gasteiger partial charge in [-0.2, -0.15) is 0 Å². The number of benzene rings is 1. The van der Waals surface area contributed by atoms with Crippen LogP contribution < -0.4 is 5.73 Å². The molecule has 18 heavy (non-hydrogen) atoms. The lowest BCUT2D eigenvalue weighted by atomic mass is 10.0. The minimum absolute atomic E-state index is 0.175. The molecule has 0 aliphatic rings. The fraction of sp³-hybridized carbons (Fsp3) is 0.154. The van der Waals surface area contributed by atoms with Gasteiger partial charge in [0.1, 0.15) is 11.5 Å². The fourth-order valence-corrected chi connectivity index (χ4v) is 1.85. The molecule has 0 aliphatic carbocycles. The molecule has 2 rings (SSSR count). The van der Waals surface area contributed by atoms with Crippen LogP contribution in [0.3, 0.4) is 0 Å². The van der Waals surface area contributed by atoms with Crippen LogP contribution in [0.15, 0.2) is 36.5 Å². The maximum atomic E-state index is 13.7. The van der Waals surface area contributed by atoms with Crippen molar-refractivity contribution in [1.29, 1.82) is 0 Å². The van der Waals surface area contributed by atoms with Crippen LogP contribution in [0.1, 0.15) is 11.6 Å². The summed E-state index contributed by atoms with van der Waals surface area (Å²) >= 11 is 6.04. The van der Waals surface area contributed by atoms with Crippen LogP contribution in [0.25, 0.3) is 11.3 Å². The Morgan fingerprint density at radius 1 is 1.39 bits per heavy atom. The first kappa shape index (κ1) is 13.0. The second kappa shape index (κ2) is 5.44. The summed E-state index contributed by atoms with van der Waals surface area (Å²) in [4.78, 5) is 3.97. The molecule has 0 amide bonds. The molecule has 94 valence electrons. The van der Waals surface area contributed by atoms with E-state index >= 15 is 0 Å². The summed E-state index contributed by atoms with van der Waals surface area (Å²) in [6, 6.07) is 7.28. The Balaban J connectivity index is 2.54. The fourth-order valence-electron chi connectivity index (χ4n) is 1.64. The number of rotatable bonds is 3. The maximum Gasteiger partial charge on any atom is 0.149 e. The minimum Gasteiger partial charge on any atom is -0.394 e. The van der Waals surface area contributed by atoms with E-state index in [9.17, 15) is 4.39 Å². The van der Waals surface area contributed by atoms with E-state index in [4.69, 9.17) is 22.4 Å². The molecule has 3 nitrogen and oxygen atoms in total. The normalized spacial score (nSPS) is 12.4. The molecule has 0 bridgehead atoms. The van der Waals surface area contributed by atoms with Crippen LogP contribution in [0.4, 0.5) is 4.39 Å². The summed E-state index contributed by atoms with van der Waals surface area (Å²) in [6.45, 7) is -0.189. The first-order valence-electron chi connectivity index (χ1n) is 5.40. The molecule has 1 aromatic carbocycles. The molecule has 2 aromatic rings. The summed E-state index contributed by atoms with van der Waals surface area (Å²) in [5.41, 5.74) is 7.05. The van der Waals surface area contributed by atoms with E-state index in [1.807, 2.05) is 0 Å². The van der Waals surface area contributed by atoms with Crippen molar-refractivity contribution >= 4 is 11.6 Å². The molecule has 0 saturated heterocycles. The van der Waals surface area contributed by atoms with Gasteiger partial charge in [0.15, 0.2) is 0 Å². The number of hydrogen-bond donors (Lipinski definition) is 2. The lowest BCUT2D eigenvalue weighted by molar-refractivity contribution is 0.268. The number of aliphatic hydroxyl groups excluding tert-OH is 1. The molecule has 0 fully saturated rings. The Morgan fingerprint density at radius 3 is 2.83 bits per heavy atom. The number of pyridine rings is 1. The molecule has 5 heteroatoms. The molecule has 1 atom stereocenters. The smallest absolute Gasteiger partial charge is 0.149 e. The van der Waals surface area contributed by atoms with Gasteiger partial charge in [0.2, 0.25) is 0 Å². The van der Waals surface area contributed by atoms with Gasteiger partial charge in [-0.1, -0.05) is 17.7 Å². The van der Waals surface area contributed by atoms with Crippen molar-refractivity contribution in [1.82, 2.24) is 4.98 Å². The Labute approximate surface area is 109 Å². The van der Waals surface area contributed by atoms with Gasteiger partial charge in [-0.05, 0) is 29.8 Å². The number of aromatic nitrogens is 1. The van der Waals surface area contributed by atoms with E-state index in [1.165, 1.54) is 18.3 Å². The topological polar surface area (TPSA) is 59.1 Å². The van der Waals surface area contributed by atoms with Crippen molar-refractivity contribution in [2.75, 3.05) is 6.61 Å². The third-order valence-corrected chi connectivity index (χ3v) is 2.96. The molecular weight excluding hydrogens is 255 g/mol. The van der Waals surface area contributed by atoms with Gasteiger partial charge in [-0.25, -0.2) is 4.39 Å². The van der Waals surface area contributed by atoms with Crippen LogP contribution in [0, 0.1) is 5.82 Å². The van der Waals surface area contributed by atoms with E-state index in [2.05, 4.69) is 4.98 Å². The molecule has 0 spiro atoms.